The molecule has 7 nitrogen and oxygen atoms in total. The van der Waals surface area contributed by atoms with Gasteiger partial charge in [-0.25, -0.2) is 8.78 Å². The van der Waals surface area contributed by atoms with E-state index in [9.17, 15) is 28.3 Å². The van der Waals surface area contributed by atoms with Gasteiger partial charge in [0.2, 0.25) is 5.43 Å². The Hall–Kier alpha value is -3.23. The molecule has 0 unspecified atom stereocenters. The predicted octanol–water partition coefficient (Wildman–Crippen LogP) is 2.04. The Morgan fingerprint density at radius 1 is 1.29 bits per heavy atom. The molecule has 2 aliphatic heterocycles. The molecule has 3 heterocycles. The number of nitrogens with one attached hydrogen (secondary N) is 1. The molecule has 2 N–H and O–H groups in total. The van der Waals surface area contributed by atoms with E-state index >= 15 is 0 Å². The quantitative estimate of drug-likeness (QED) is 0.781. The van der Waals surface area contributed by atoms with Crippen LogP contribution in [0.15, 0.2) is 23.1 Å². The van der Waals surface area contributed by atoms with Crippen molar-refractivity contribution in [3.63, 3.8) is 0 Å². The molecule has 0 radical (unpaired) electrons. The summed E-state index contributed by atoms with van der Waals surface area (Å²) >= 11 is 0. The van der Waals surface area contributed by atoms with Crippen molar-refractivity contribution in [2.75, 3.05) is 13.1 Å². The van der Waals surface area contributed by atoms with Crippen molar-refractivity contribution in [3.8, 4) is 5.75 Å². The number of benzene rings is 1. The molecule has 2 aromatic rings. The van der Waals surface area contributed by atoms with Crippen molar-refractivity contribution < 1.29 is 23.5 Å². The first-order chi connectivity index (χ1) is 14.7. The number of halogens is 2. The molecule has 2 bridgehead atoms. The van der Waals surface area contributed by atoms with Gasteiger partial charge < -0.3 is 19.9 Å². The number of hydrogen-bond acceptors (Lipinski definition) is 4. The maximum atomic E-state index is 14.1. The van der Waals surface area contributed by atoms with Gasteiger partial charge in [0, 0.05) is 31.4 Å². The first-order valence-electron chi connectivity index (χ1n) is 10.2. The molecule has 1 aromatic heterocycles. The van der Waals surface area contributed by atoms with E-state index in [1.54, 1.807) is 16.4 Å². The Labute approximate surface area is 176 Å². The lowest BCUT2D eigenvalue weighted by Gasteiger charge is -2.36. The minimum Gasteiger partial charge on any atom is -0.503 e. The molecule has 3 aliphatic rings. The topological polar surface area (TPSA) is 91.6 Å². The van der Waals surface area contributed by atoms with Crippen LogP contribution in [-0.4, -0.2) is 39.5 Å². The summed E-state index contributed by atoms with van der Waals surface area (Å²) in [6.07, 6.45) is 3.88. The van der Waals surface area contributed by atoms with Gasteiger partial charge in [0.25, 0.3) is 11.8 Å². The number of fused-ring (bicyclic) bond motifs is 2. The van der Waals surface area contributed by atoms with Crippen molar-refractivity contribution in [3.05, 3.63) is 62.6 Å². The average molecular weight is 429 g/mol. The number of nitrogens with zero attached hydrogens (tertiary/aromatic N) is 2. The summed E-state index contributed by atoms with van der Waals surface area (Å²) in [5, 5.41) is 12.9. The lowest BCUT2D eigenvalue weighted by molar-refractivity contribution is 0.0650. The Kier molecular flexibility index (Phi) is 4.22. The number of carbonyl (C=O) groups excluding carboxylic acids is 2. The van der Waals surface area contributed by atoms with Crippen molar-refractivity contribution in [1.82, 2.24) is 14.8 Å². The molecule has 2 fully saturated rings. The van der Waals surface area contributed by atoms with E-state index in [-0.39, 0.29) is 16.8 Å². The second-order valence-electron chi connectivity index (χ2n) is 8.70. The number of rotatable bonds is 3. The van der Waals surface area contributed by atoms with Crippen molar-refractivity contribution in [2.24, 2.45) is 5.92 Å². The normalized spacial score (nSPS) is 23.6. The number of aromatic nitrogens is 1. The molecule has 5 rings (SSSR count). The minimum atomic E-state index is -0.976. The zero-order valence-electron chi connectivity index (χ0n) is 16.9. The maximum absolute atomic E-state index is 14.1. The third-order valence-electron chi connectivity index (χ3n) is 6.75. The molecular weight excluding hydrogens is 408 g/mol. The van der Waals surface area contributed by atoms with E-state index in [0.29, 0.717) is 24.6 Å². The van der Waals surface area contributed by atoms with Crippen LogP contribution in [0.1, 0.15) is 51.2 Å². The minimum absolute atomic E-state index is 0.0900. The summed E-state index contributed by atoms with van der Waals surface area (Å²) in [7, 11) is 0. The molecule has 1 saturated heterocycles. The SMILES string of the molecule is Cc1cc(F)c(CNC(=O)c2cn3c(c(O)c2=O)C(=O)N2CCC[C@@H]4C[C@]43C2)c(F)c1. The third-order valence-corrected chi connectivity index (χ3v) is 6.75. The Morgan fingerprint density at radius 2 is 2.00 bits per heavy atom. The van der Waals surface area contributed by atoms with Crippen LogP contribution in [0.4, 0.5) is 8.78 Å². The average Bonchev–Trinajstić information content (AvgIpc) is 3.41. The van der Waals surface area contributed by atoms with Crippen LogP contribution in [0.25, 0.3) is 0 Å². The molecule has 1 saturated carbocycles. The molecule has 2 amide bonds. The number of carbonyl (C=O) groups is 2. The van der Waals surface area contributed by atoms with Crippen molar-refractivity contribution in [1.29, 1.82) is 0 Å². The number of aromatic hydroxyl groups is 1. The molecule has 162 valence electrons. The summed E-state index contributed by atoms with van der Waals surface area (Å²) < 4.78 is 29.7. The van der Waals surface area contributed by atoms with Crippen LogP contribution in [0, 0.1) is 24.5 Å². The standard InChI is InChI=1S/C22H21F2N3O4/c1-11-5-15(23)13(16(24)6-11)8-25-20(30)14-9-27-17(19(29)18(14)28)21(31)26-4-2-3-12-7-22(12,27)10-26/h5-6,9,12,29H,2-4,7-8,10H2,1H3,(H,25,30)/t12-,22+/m1/s1. The molecule has 2 atom stereocenters. The van der Waals surface area contributed by atoms with Crippen molar-refractivity contribution >= 4 is 11.8 Å². The lowest BCUT2D eigenvalue weighted by Crippen LogP contribution is -2.49. The number of amides is 2. The van der Waals surface area contributed by atoms with E-state index in [1.165, 1.54) is 6.20 Å². The number of pyridine rings is 1. The summed E-state index contributed by atoms with van der Waals surface area (Å²) in [6.45, 7) is 2.14. The first-order valence-corrected chi connectivity index (χ1v) is 10.2. The molecule has 1 spiro atoms. The fraction of sp³-hybridized carbons (Fsp3) is 0.409. The predicted molar refractivity (Wildman–Crippen MR) is 106 cm³/mol. The van der Waals surface area contributed by atoms with Crippen molar-refractivity contribution in [2.45, 2.75) is 38.3 Å². The highest BCUT2D eigenvalue weighted by molar-refractivity contribution is 5.99. The van der Waals surface area contributed by atoms with Gasteiger partial charge in [-0.15, -0.1) is 0 Å². The van der Waals surface area contributed by atoms with Gasteiger partial charge in [-0.2, -0.15) is 0 Å². The van der Waals surface area contributed by atoms with Crippen LogP contribution in [0.5, 0.6) is 5.75 Å². The molecule has 1 aliphatic carbocycles. The van der Waals surface area contributed by atoms with Gasteiger partial charge in [0.1, 0.15) is 17.2 Å². The summed E-state index contributed by atoms with van der Waals surface area (Å²) in [5.74, 6) is -3.35. The highest BCUT2D eigenvalue weighted by Crippen LogP contribution is 2.57. The highest BCUT2D eigenvalue weighted by atomic mass is 19.1. The zero-order chi connectivity index (χ0) is 22.1. The largest absolute Gasteiger partial charge is 0.503 e. The molecule has 1 aromatic carbocycles. The van der Waals surface area contributed by atoms with Crippen LogP contribution in [-0.2, 0) is 12.1 Å². The van der Waals surface area contributed by atoms with E-state index in [2.05, 4.69) is 5.32 Å². The summed E-state index contributed by atoms with van der Waals surface area (Å²) in [6, 6.07) is 2.31. The summed E-state index contributed by atoms with van der Waals surface area (Å²) in [4.78, 5) is 39.9. The van der Waals surface area contributed by atoms with Gasteiger partial charge in [0.15, 0.2) is 11.4 Å². The van der Waals surface area contributed by atoms with E-state index in [0.717, 1.165) is 31.4 Å². The van der Waals surface area contributed by atoms with Gasteiger partial charge in [0.05, 0.1) is 5.54 Å². The Bertz CT molecular complexity index is 1180. The van der Waals surface area contributed by atoms with Crippen LogP contribution >= 0.6 is 0 Å². The lowest BCUT2D eigenvalue weighted by atomic mass is 10.0. The van der Waals surface area contributed by atoms with Crippen LogP contribution < -0.4 is 10.7 Å². The zero-order valence-corrected chi connectivity index (χ0v) is 16.9. The fourth-order valence-electron chi connectivity index (χ4n) is 5.05. The Morgan fingerprint density at radius 3 is 2.71 bits per heavy atom. The van der Waals surface area contributed by atoms with Crippen LogP contribution in [0.2, 0.25) is 0 Å². The monoisotopic (exact) mass is 429 g/mol. The highest BCUT2D eigenvalue weighted by Gasteiger charge is 2.61. The van der Waals surface area contributed by atoms with E-state index < -0.39 is 46.7 Å². The van der Waals surface area contributed by atoms with Crippen LogP contribution in [0.3, 0.4) is 0 Å². The molecular formula is C22H21F2N3O4. The second-order valence-corrected chi connectivity index (χ2v) is 8.70. The smallest absolute Gasteiger partial charge is 0.274 e. The fourth-order valence-corrected chi connectivity index (χ4v) is 5.05. The van der Waals surface area contributed by atoms with Gasteiger partial charge in [-0.05, 0) is 49.8 Å². The number of hydrogen-bond donors (Lipinski definition) is 2. The van der Waals surface area contributed by atoms with Gasteiger partial charge in [-0.3, -0.25) is 14.4 Å². The summed E-state index contributed by atoms with van der Waals surface area (Å²) in [5.41, 5.74) is -1.77. The van der Waals surface area contributed by atoms with Gasteiger partial charge >= 0.3 is 0 Å². The van der Waals surface area contributed by atoms with E-state index in [1.807, 2.05) is 0 Å². The molecule has 9 heteroatoms. The Balaban J connectivity index is 1.51. The third kappa shape index (κ3) is 2.86. The molecule has 31 heavy (non-hydrogen) atoms. The van der Waals surface area contributed by atoms with E-state index in [4.69, 9.17) is 0 Å². The maximum Gasteiger partial charge on any atom is 0.274 e. The second kappa shape index (κ2) is 6.63. The first kappa shape index (κ1) is 19.7. The number of aryl methyl sites for hydroxylation is 1. The van der Waals surface area contributed by atoms with Gasteiger partial charge in [-0.1, -0.05) is 0 Å².